The minimum atomic E-state index is -1.56. The average Bonchev–Trinajstić information content (AvgIpc) is 3.40. The van der Waals surface area contributed by atoms with Crippen molar-refractivity contribution in [1.82, 2.24) is 19.9 Å². The van der Waals surface area contributed by atoms with E-state index < -0.39 is 14.0 Å². The van der Waals surface area contributed by atoms with Gasteiger partial charge in [0.25, 0.3) is 11.9 Å². The lowest BCUT2D eigenvalue weighted by molar-refractivity contribution is 0.0378. The van der Waals surface area contributed by atoms with Crippen molar-refractivity contribution in [3.63, 3.8) is 0 Å². The molecule has 12 nitrogen and oxygen atoms in total. The van der Waals surface area contributed by atoms with Crippen LogP contribution in [0.1, 0.15) is 17.0 Å². The molecule has 4 rings (SSSR count). The van der Waals surface area contributed by atoms with Crippen molar-refractivity contribution in [3.05, 3.63) is 36.4 Å². The van der Waals surface area contributed by atoms with Gasteiger partial charge in [-0.3, -0.25) is 14.7 Å². The smallest absolute Gasteiger partial charge is 0.291 e. The number of ether oxygens (including phenoxy) is 4. The first-order valence-corrected chi connectivity index (χ1v) is 16.4. The average molecular weight is 557 g/mol. The van der Waals surface area contributed by atoms with E-state index in [0.717, 1.165) is 44.5 Å². The Kier molecular flexibility index (Phi) is 9.38. The van der Waals surface area contributed by atoms with Crippen molar-refractivity contribution >= 4 is 30.8 Å². The number of methoxy groups -OCH3 is 2. The Labute approximate surface area is 229 Å². The molecule has 1 saturated heterocycles. The van der Waals surface area contributed by atoms with Crippen LogP contribution >= 0.6 is 0 Å². The second kappa shape index (κ2) is 12.9. The van der Waals surface area contributed by atoms with Crippen molar-refractivity contribution in [2.24, 2.45) is 0 Å². The van der Waals surface area contributed by atoms with Crippen LogP contribution in [0, 0.1) is 0 Å². The van der Waals surface area contributed by atoms with E-state index in [0.29, 0.717) is 18.2 Å². The molecule has 13 heteroatoms. The van der Waals surface area contributed by atoms with Crippen LogP contribution in [-0.2, 0) is 4.74 Å². The molecular weight excluding hydrogens is 520 g/mol. The zero-order valence-electron chi connectivity index (χ0n) is 23.1. The quantitative estimate of drug-likeness (QED) is 0.252. The number of hydrogen-bond donors (Lipinski definition) is 2. The summed E-state index contributed by atoms with van der Waals surface area (Å²) in [6, 6.07) is 5.04. The van der Waals surface area contributed by atoms with Gasteiger partial charge in [-0.2, -0.15) is 9.97 Å². The lowest BCUT2D eigenvalue weighted by atomic mass is 10.3. The van der Waals surface area contributed by atoms with Gasteiger partial charge >= 0.3 is 0 Å². The van der Waals surface area contributed by atoms with Crippen molar-refractivity contribution in [2.45, 2.75) is 26.1 Å². The van der Waals surface area contributed by atoms with Gasteiger partial charge in [-0.1, -0.05) is 19.6 Å². The molecule has 0 saturated carbocycles. The fraction of sp³-hybridized carbons (Fsp3) is 0.462. The van der Waals surface area contributed by atoms with Gasteiger partial charge in [0, 0.05) is 31.9 Å². The van der Waals surface area contributed by atoms with E-state index in [4.69, 9.17) is 23.4 Å². The van der Waals surface area contributed by atoms with E-state index in [9.17, 15) is 4.79 Å². The largest absolute Gasteiger partial charge is 0.479 e. The van der Waals surface area contributed by atoms with Gasteiger partial charge in [0.1, 0.15) is 5.75 Å². The Morgan fingerprint density at radius 3 is 2.46 bits per heavy atom. The van der Waals surface area contributed by atoms with E-state index in [1.165, 1.54) is 20.3 Å². The lowest BCUT2D eigenvalue weighted by Crippen LogP contribution is -2.37. The third kappa shape index (κ3) is 7.68. The van der Waals surface area contributed by atoms with Crippen LogP contribution in [0.15, 0.2) is 35.0 Å². The first-order valence-electron chi connectivity index (χ1n) is 12.9. The third-order valence-electron chi connectivity index (χ3n) is 6.11. The Morgan fingerprint density at radius 1 is 1.08 bits per heavy atom. The second-order valence-electron chi connectivity index (χ2n) is 10.0. The van der Waals surface area contributed by atoms with E-state index in [1.54, 1.807) is 12.3 Å². The number of anilines is 2. The summed E-state index contributed by atoms with van der Waals surface area (Å²) in [6.45, 7) is 11.7. The van der Waals surface area contributed by atoms with E-state index in [1.807, 2.05) is 12.3 Å². The fourth-order valence-electron chi connectivity index (χ4n) is 3.90. The molecule has 0 atom stereocenters. The number of nitrogens with one attached hydrogen (secondary N) is 2. The minimum Gasteiger partial charge on any atom is -0.479 e. The van der Waals surface area contributed by atoms with Crippen LogP contribution in [0.25, 0.3) is 0 Å². The molecule has 1 aliphatic rings. The van der Waals surface area contributed by atoms with Gasteiger partial charge in [-0.25, -0.2) is 0 Å². The van der Waals surface area contributed by atoms with Crippen LogP contribution in [-0.4, -0.2) is 87.4 Å². The topological polar surface area (TPSA) is 133 Å². The Balaban J connectivity index is 1.39. The predicted molar refractivity (Wildman–Crippen MR) is 149 cm³/mol. The number of carbonyl (C=O) groups is 1. The summed E-state index contributed by atoms with van der Waals surface area (Å²) in [5.41, 5.74) is 0.190. The molecule has 0 unspecified atom stereocenters. The molecular formula is C26H36N6O6Si. The van der Waals surface area contributed by atoms with Crippen molar-refractivity contribution in [3.8, 4) is 23.5 Å². The zero-order chi connectivity index (χ0) is 27.8. The Bertz CT molecular complexity index is 1230. The van der Waals surface area contributed by atoms with Crippen molar-refractivity contribution in [2.75, 3.05) is 64.2 Å². The van der Waals surface area contributed by atoms with E-state index in [2.05, 4.69) is 50.1 Å². The number of nitrogens with zero attached hydrogens (tertiary/aromatic N) is 4. The summed E-state index contributed by atoms with van der Waals surface area (Å²) in [6.07, 6.45) is 4.38. The molecule has 4 heterocycles. The maximum atomic E-state index is 13.0. The molecule has 2 N–H and O–H groups in total. The summed E-state index contributed by atoms with van der Waals surface area (Å²) in [5.74, 6) is 0.860. The van der Waals surface area contributed by atoms with Crippen LogP contribution < -0.4 is 30.0 Å². The van der Waals surface area contributed by atoms with Gasteiger partial charge in [-0.05, 0) is 30.3 Å². The Morgan fingerprint density at radius 2 is 1.79 bits per heavy atom. The molecule has 3 aromatic rings. The number of morpholine rings is 1. The summed E-state index contributed by atoms with van der Waals surface area (Å²) in [5, 5.41) is 7.07. The highest BCUT2D eigenvalue weighted by Gasteiger charge is 2.22. The molecule has 1 aliphatic heterocycles. The molecule has 0 spiro atoms. The Hall–Kier alpha value is -3.68. The number of amides is 1. The number of rotatable bonds is 12. The summed E-state index contributed by atoms with van der Waals surface area (Å²) < 4.78 is 27.7. The summed E-state index contributed by atoms with van der Waals surface area (Å²) in [4.78, 5) is 28.4. The molecule has 39 heavy (non-hydrogen) atoms. The SMILES string of the molecule is COc1nc(NCCCN2CCOCC2)nc(OC)c1NC(=O)c1ccc(Oc2cncc([Si](C)(C)C)c2)o1. The number of carbonyl (C=O) groups excluding carboxylic acids is 1. The predicted octanol–water partition coefficient (Wildman–Crippen LogP) is 3.21. The van der Waals surface area contributed by atoms with Gasteiger partial charge in [0.2, 0.25) is 17.7 Å². The van der Waals surface area contributed by atoms with E-state index >= 15 is 0 Å². The fourth-order valence-corrected chi connectivity index (χ4v) is 4.94. The van der Waals surface area contributed by atoms with Gasteiger partial charge < -0.3 is 34.0 Å². The zero-order valence-corrected chi connectivity index (χ0v) is 24.1. The second-order valence-corrected chi connectivity index (χ2v) is 15.1. The molecule has 1 amide bonds. The third-order valence-corrected chi connectivity index (χ3v) is 8.11. The summed E-state index contributed by atoms with van der Waals surface area (Å²) in [7, 11) is 1.36. The summed E-state index contributed by atoms with van der Waals surface area (Å²) >= 11 is 0. The van der Waals surface area contributed by atoms with Gasteiger partial charge in [-0.15, -0.1) is 0 Å². The molecule has 0 bridgehead atoms. The van der Waals surface area contributed by atoms with E-state index in [-0.39, 0.29) is 29.2 Å². The van der Waals surface area contributed by atoms with Gasteiger partial charge in [0.05, 0.1) is 41.7 Å². The number of pyridine rings is 1. The highest BCUT2D eigenvalue weighted by atomic mass is 28.3. The van der Waals surface area contributed by atoms with Crippen LogP contribution in [0.4, 0.5) is 11.6 Å². The maximum absolute atomic E-state index is 13.0. The first-order chi connectivity index (χ1) is 18.8. The number of aromatic nitrogens is 3. The normalized spacial score (nSPS) is 14.1. The standard InChI is InChI=1S/C26H36N6O6Si/c1-34-24-22(25(35-2)31-26(30-24)28-9-6-10-32-11-13-36-14-12-32)29-23(33)20-7-8-21(38-20)37-18-15-19(17-27-16-18)39(3,4)5/h7-8,15-17H,6,9-14H2,1-5H3,(H,29,33)(H,28,30,31). The lowest BCUT2D eigenvalue weighted by Gasteiger charge is -2.26. The molecule has 0 aromatic carbocycles. The van der Waals surface area contributed by atoms with Gasteiger partial charge in [0.15, 0.2) is 11.4 Å². The molecule has 1 fully saturated rings. The highest BCUT2D eigenvalue weighted by Crippen LogP contribution is 2.33. The van der Waals surface area contributed by atoms with Crippen LogP contribution in [0.2, 0.25) is 19.6 Å². The first kappa shape index (κ1) is 28.3. The molecule has 0 radical (unpaired) electrons. The molecule has 210 valence electrons. The molecule has 3 aromatic heterocycles. The minimum absolute atomic E-state index is 0.0359. The number of furan rings is 1. The van der Waals surface area contributed by atoms with Crippen LogP contribution in [0.3, 0.4) is 0 Å². The highest BCUT2D eigenvalue weighted by molar-refractivity contribution is 6.88. The van der Waals surface area contributed by atoms with Crippen molar-refractivity contribution < 1.29 is 28.2 Å². The maximum Gasteiger partial charge on any atom is 0.291 e. The monoisotopic (exact) mass is 556 g/mol. The van der Waals surface area contributed by atoms with Crippen LogP contribution in [0.5, 0.6) is 23.5 Å². The number of hydrogen-bond acceptors (Lipinski definition) is 11. The molecule has 0 aliphatic carbocycles. The van der Waals surface area contributed by atoms with Crippen molar-refractivity contribution in [1.29, 1.82) is 0 Å².